The molecule has 2 unspecified atom stereocenters. The molecule has 1 aliphatic carbocycles. The van der Waals surface area contributed by atoms with Gasteiger partial charge in [-0.1, -0.05) is 107 Å². The Morgan fingerprint density at radius 2 is 1.41 bits per heavy atom. The van der Waals surface area contributed by atoms with Crippen molar-refractivity contribution in [2.75, 3.05) is 0 Å². The highest BCUT2D eigenvalue weighted by Gasteiger charge is 2.46. The molecule has 0 radical (unpaired) electrons. The molecule has 4 aromatic rings. The van der Waals surface area contributed by atoms with Gasteiger partial charge >= 0.3 is 0 Å². The van der Waals surface area contributed by atoms with Gasteiger partial charge in [-0.25, -0.2) is 0 Å². The zero-order chi connectivity index (χ0) is 27.6. The van der Waals surface area contributed by atoms with E-state index in [9.17, 15) is 10.2 Å². The predicted octanol–water partition coefficient (Wildman–Crippen LogP) is 9.42. The molecule has 2 atom stereocenters. The third-order valence-corrected chi connectivity index (χ3v) is 8.77. The second kappa shape index (κ2) is 11.3. The highest BCUT2D eigenvalue weighted by atomic mass is 16.3. The maximum Gasteiger partial charge on any atom is 0.118 e. The van der Waals surface area contributed by atoms with Crippen LogP contribution in [0.3, 0.4) is 0 Å². The summed E-state index contributed by atoms with van der Waals surface area (Å²) in [5.74, 6) is 1.95. The minimum Gasteiger partial charge on any atom is -0.508 e. The molecule has 39 heavy (non-hydrogen) atoms. The number of aryl methyl sites for hydroxylation is 2. The number of hydrogen-bond acceptors (Lipinski definition) is 2. The molecule has 1 aliphatic rings. The van der Waals surface area contributed by atoms with Crippen LogP contribution in [-0.4, -0.2) is 10.2 Å². The summed E-state index contributed by atoms with van der Waals surface area (Å²) < 4.78 is 0. The van der Waals surface area contributed by atoms with Crippen LogP contribution in [0.25, 0.3) is 11.1 Å². The molecule has 2 heteroatoms. The summed E-state index contributed by atoms with van der Waals surface area (Å²) in [5, 5.41) is 21.1. The van der Waals surface area contributed by atoms with Gasteiger partial charge in [0.1, 0.15) is 11.5 Å². The van der Waals surface area contributed by atoms with E-state index in [1.807, 2.05) is 6.07 Å². The Morgan fingerprint density at radius 1 is 0.692 bits per heavy atom. The lowest BCUT2D eigenvalue weighted by atomic mass is 9.67. The minimum absolute atomic E-state index is 0.266. The molecule has 4 aromatic carbocycles. The van der Waals surface area contributed by atoms with Gasteiger partial charge in [-0.3, -0.25) is 0 Å². The summed E-state index contributed by atoms with van der Waals surface area (Å²) in [6, 6.07) is 29.8. The summed E-state index contributed by atoms with van der Waals surface area (Å²) in [5.41, 5.74) is 9.18. The van der Waals surface area contributed by atoms with Gasteiger partial charge in [0.05, 0.1) is 5.41 Å². The van der Waals surface area contributed by atoms with Gasteiger partial charge in [-0.2, -0.15) is 0 Å². The molecule has 0 heterocycles. The van der Waals surface area contributed by atoms with E-state index in [1.54, 1.807) is 12.1 Å². The smallest absolute Gasteiger partial charge is 0.118 e. The first kappa shape index (κ1) is 27.1. The van der Waals surface area contributed by atoms with Crippen molar-refractivity contribution in [1.82, 2.24) is 0 Å². The molecule has 2 nitrogen and oxygen atoms in total. The fourth-order valence-corrected chi connectivity index (χ4v) is 6.32. The number of fused-ring (bicyclic) bond motifs is 3. The quantitative estimate of drug-likeness (QED) is 0.193. The van der Waals surface area contributed by atoms with Crippen LogP contribution in [0, 0.1) is 11.8 Å². The lowest BCUT2D eigenvalue weighted by Gasteiger charge is -2.34. The standard InChI is InChI=1S/C37H42O2/c1-5-26(4)13-15-28-24-30(18-22-36(28)39)37(29-16-19-31(38)20-17-29)34-12-7-6-11-32(34)33-21-14-27(23-35(33)37)10-8-9-25(2)3/h6-7,11-12,14,16-26,38-39H,5,8-10,13,15H2,1-4H3. The number of aromatic hydroxyl groups is 2. The average molecular weight is 519 g/mol. The molecule has 202 valence electrons. The van der Waals surface area contributed by atoms with Crippen LogP contribution in [0.1, 0.15) is 86.8 Å². The first-order valence-electron chi connectivity index (χ1n) is 14.7. The monoisotopic (exact) mass is 518 g/mol. The van der Waals surface area contributed by atoms with Gasteiger partial charge in [0, 0.05) is 0 Å². The molecule has 0 saturated carbocycles. The van der Waals surface area contributed by atoms with E-state index in [1.165, 1.54) is 40.7 Å². The number of phenols is 2. The Bertz CT molecular complexity index is 1430. The fraction of sp³-hybridized carbons (Fsp3) is 0.351. The van der Waals surface area contributed by atoms with Crippen molar-refractivity contribution < 1.29 is 10.2 Å². The van der Waals surface area contributed by atoms with Gasteiger partial charge in [0.15, 0.2) is 0 Å². The van der Waals surface area contributed by atoms with E-state index < -0.39 is 5.41 Å². The predicted molar refractivity (Wildman–Crippen MR) is 163 cm³/mol. The Labute approximate surface area is 234 Å². The molecule has 5 rings (SSSR count). The summed E-state index contributed by atoms with van der Waals surface area (Å²) in [7, 11) is 0. The van der Waals surface area contributed by atoms with Gasteiger partial charge in [0.2, 0.25) is 0 Å². The van der Waals surface area contributed by atoms with Gasteiger partial charge in [0.25, 0.3) is 0 Å². The Balaban J connectivity index is 1.74. The molecule has 2 N–H and O–H groups in total. The van der Waals surface area contributed by atoms with E-state index >= 15 is 0 Å². The maximum atomic E-state index is 10.9. The summed E-state index contributed by atoms with van der Waals surface area (Å²) >= 11 is 0. The summed E-state index contributed by atoms with van der Waals surface area (Å²) in [6.07, 6.45) is 6.49. The normalized spacial score (nSPS) is 16.7. The van der Waals surface area contributed by atoms with Crippen molar-refractivity contribution in [2.24, 2.45) is 11.8 Å². The van der Waals surface area contributed by atoms with Crippen LogP contribution in [0.2, 0.25) is 0 Å². The highest BCUT2D eigenvalue weighted by Crippen LogP contribution is 2.56. The molecule has 0 fully saturated rings. The Morgan fingerprint density at radius 3 is 2.15 bits per heavy atom. The molecule has 0 aliphatic heterocycles. The Kier molecular flexibility index (Phi) is 7.84. The van der Waals surface area contributed by atoms with E-state index in [-0.39, 0.29) is 5.75 Å². The molecule has 0 bridgehead atoms. The third-order valence-electron chi connectivity index (χ3n) is 8.77. The van der Waals surface area contributed by atoms with Gasteiger partial charge < -0.3 is 10.2 Å². The van der Waals surface area contributed by atoms with Gasteiger partial charge in [-0.05, 0) is 100 Å². The lowest BCUT2D eigenvalue weighted by Crippen LogP contribution is -2.29. The first-order chi connectivity index (χ1) is 18.8. The van der Waals surface area contributed by atoms with Crippen LogP contribution in [0.15, 0.2) is 84.9 Å². The minimum atomic E-state index is -0.535. The van der Waals surface area contributed by atoms with E-state index in [4.69, 9.17) is 0 Å². The van der Waals surface area contributed by atoms with Crippen LogP contribution in [-0.2, 0) is 18.3 Å². The van der Waals surface area contributed by atoms with Crippen molar-refractivity contribution in [3.8, 4) is 22.6 Å². The maximum absolute atomic E-state index is 10.9. The van der Waals surface area contributed by atoms with E-state index in [2.05, 4.69) is 94.4 Å². The van der Waals surface area contributed by atoms with Crippen LogP contribution in [0.5, 0.6) is 11.5 Å². The number of rotatable bonds is 10. The average Bonchev–Trinajstić information content (AvgIpc) is 3.23. The number of benzene rings is 4. The van der Waals surface area contributed by atoms with Crippen molar-refractivity contribution in [2.45, 2.75) is 71.6 Å². The topological polar surface area (TPSA) is 40.5 Å². The van der Waals surface area contributed by atoms with Crippen molar-refractivity contribution in [3.63, 3.8) is 0 Å². The second-order valence-electron chi connectivity index (χ2n) is 11.9. The molecule has 0 saturated heterocycles. The molecule has 0 amide bonds. The SMILES string of the molecule is CCC(C)CCc1cc(C2(c3ccc(O)cc3)c3ccccc3-c3ccc(CCCC(C)C)cc32)ccc1O. The number of hydrogen-bond donors (Lipinski definition) is 2. The third kappa shape index (κ3) is 5.10. The van der Waals surface area contributed by atoms with Crippen LogP contribution in [0.4, 0.5) is 0 Å². The van der Waals surface area contributed by atoms with Crippen molar-refractivity contribution in [1.29, 1.82) is 0 Å². The van der Waals surface area contributed by atoms with Gasteiger partial charge in [-0.15, -0.1) is 0 Å². The summed E-state index contributed by atoms with van der Waals surface area (Å²) in [4.78, 5) is 0. The highest BCUT2D eigenvalue weighted by molar-refractivity contribution is 5.86. The Hall–Kier alpha value is -3.52. The molecule has 0 spiro atoms. The van der Waals surface area contributed by atoms with E-state index in [0.717, 1.165) is 42.4 Å². The van der Waals surface area contributed by atoms with Crippen LogP contribution < -0.4 is 0 Å². The summed E-state index contributed by atoms with van der Waals surface area (Å²) in [6.45, 7) is 9.09. The number of phenolic OH excluding ortho intramolecular Hbond substituents is 2. The molecular formula is C37H42O2. The van der Waals surface area contributed by atoms with Crippen LogP contribution >= 0.6 is 0 Å². The zero-order valence-electron chi connectivity index (χ0n) is 23.9. The second-order valence-corrected chi connectivity index (χ2v) is 11.9. The fourth-order valence-electron chi connectivity index (χ4n) is 6.32. The first-order valence-corrected chi connectivity index (χ1v) is 14.7. The van der Waals surface area contributed by atoms with Crippen molar-refractivity contribution in [3.05, 3.63) is 118 Å². The van der Waals surface area contributed by atoms with Crippen molar-refractivity contribution >= 4 is 0 Å². The zero-order valence-corrected chi connectivity index (χ0v) is 23.9. The molecule has 0 aromatic heterocycles. The lowest BCUT2D eigenvalue weighted by molar-refractivity contribution is 0.457. The molecular weight excluding hydrogens is 476 g/mol. The largest absolute Gasteiger partial charge is 0.508 e. The van der Waals surface area contributed by atoms with E-state index in [0.29, 0.717) is 17.6 Å².